The minimum Gasteiger partial charge on any atom is -0.495 e. The number of ether oxygens (including phenoxy) is 1. The Morgan fingerprint density at radius 3 is 2.60 bits per heavy atom. The van der Waals surface area contributed by atoms with Crippen LogP contribution < -0.4 is 10.5 Å². The van der Waals surface area contributed by atoms with Crippen molar-refractivity contribution in [1.29, 1.82) is 0 Å². The van der Waals surface area contributed by atoms with Crippen LogP contribution in [0.5, 0.6) is 5.75 Å². The van der Waals surface area contributed by atoms with Gasteiger partial charge in [-0.3, -0.25) is 4.79 Å². The van der Waals surface area contributed by atoms with E-state index in [1.54, 1.807) is 0 Å². The van der Waals surface area contributed by atoms with E-state index in [4.69, 9.17) is 10.5 Å². The maximum atomic E-state index is 12.5. The number of hydrogen-bond acceptors (Lipinski definition) is 3. The summed E-state index contributed by atoms with van der Waals surface area (Å²) in [5.41, 5.74) is 6.10. The predicted molar refractivity (Wildman–Crippen MR) is 67.5 cm³/mol. The van der Waals surface area contributed by atoms with Gasteiger partial charge in [0.25, 0.3) is 5.91 Å². The van der Waals surface area contributed by atoms with E-state index in [1.165, 1.54) is 25.3 Å². The SMILES string of the molecule is COc1cc(C(=O)N(CC(F)(F)F)C2CC2)ccc1N. The third-order valence-electron chi connectivity index (χ3n) is 3.08. The summed E-state index contributed by atoms with van der Waals surface area (Å²) < 4.78 is 42.6. The number of carbonyl (C=O) groups is 1. The van der Waals surface area contributed by atoms with Crippen LogP contribution in [0, 0.1) is 0 Å². The van der Waals surface area contributed by atoms with Crippen molar-refractivity contribution >= 4 is 11.6 Å². The molecule has 2 rings (SSSR count). The standard InChI is InChI=1S/C13H15F3N2O2/c1-20-11-6-8(2-5-10(11)17)12(19)18(9-3-4-9)7-13(14,15)16/h2,5-6,9H,3-4,7,17H2,1H3. The van der Waals surface area contributed by atoms with Gasteiger partial charge >= 0.3 is 6.18 Å². The molecule has 1 aliphatic rings. The third-order valence-corrected chi connectivity index (χ3v) is 3.08. The van der Waals surface area contributed by atoms with Gasteiger partial charge < -0.3 is 15.4 Å². The number of nitrogen functional groups attached to an aromatic ring is 1. The third kappa shape index (κ3) is 3.34. The first kappa shape index (κ1) is 14.5. The van der Waals surface area contributed by atoms with Crippen molar-refractivity contribution in [3.63, 3.8) is 0 Å². The van der Waals surface area contributed by atoms with Gasteiger partial charge in [0.15, 0.2) is 0 Å². The zero-order chi connectivity index (χ0) is 14.9. The Bertz CT molecular complexity index is 513. The number of nitrogens with two attached hydrogens (primary N) is 1. The largest absolute Gasteiger partial charge is 0.495 e. The molecule has 0 aromatic heterocycles. The first-order valence-corrected chi connectivity index (χ1v) is 6.13. The molecule has 4 nitrogen and oxygen atoms in total. The molecule has 0 spiro atoms. The number of hydrogen-bond donors (Lipinski definition) is 1. The minimum atomic E-state index is -4.41. The Labute approximate surface area is 114 Å². The van der Waals surface area contributed by atoms with Gasteiger partial charge in [0.1, 0.15) is 12.3 Å². The molecule has 1 aliphatic carbocycles. The highest BCUT2D eigenvalue weighted by Crippen LogP contribution is 2.32. The summed E-state index contributed by atoms with van der Waals surface area (Å²) in [5.74, 6) is -0.373. The molecule has 0 aliphatic heterocycles. The van der Waals surface area contributed by atoms with E-state index in [-0.39, 0.29) is 17.4 Å². The fourth-order valence-corrected chi connectivity index (χ4v) is 1.96. The van der Waals surface area contributed by atoms with Crippen LogP contribution >= 0.6 is 0 Å². The highest BCUT2D eigenvalue weighted by molar-refractivity contribution is 5.95. The summed E-state index contributed by atoms with van der Waals surface area (Å²) in [5, 5.41) is 0. The lowest BCUT2D eigenvalue weighted by Crippen LogP contribution is -2.40. The quantitative estimate of drug-likeness (QED) is 0.866. The summed E-state index contributed by atoms with van der Waals surface area (Å²) in [4.78, 5) is 13.1. The van der Waals surface area contributed by atoms with Crippen molar-refractivity contribution in [3.8, 4) is 5.75 Å². The summed E-state index contributed by atoms with van der Waals surface area (Å²) in [6.45, 7) is -1.23. The molecule has 0 saturated heterocycles. The van der Waals surface area contributed by atoms with Crippen molar-refractivity contribution in [2.75, 3.05) is 19.4 Å². The van der Waals surface area contributed by atoms with Gasteiger partial charge in [-0.05, 0) is 31.0 Å². The van der Waals surface area contributed by atoms with E-state index >= 15 is 0 Å². The Hall–Kier alpha value is -1.92. The second-order valence-corrected chi connectivity index (χ2v) is 4.74. The highest BCUT2D eigenvalue weighted by Gasteiger charge is 2.40. The summed E-state index contributed by atoms with van der Waals surface area (Å²) >= 11 is 0. The average molecular weight is 288 g/mol. The molecule has 20 heavy (non-hydrogen) atoms. The number of nitrogens with zero attached hydrogens (tertiary/aromatic N) is 1. The number of anilines is 1. The van der Waals surface area contributed by atoms with Crippen LogP contribution in [-0.4, -0.2) is 36.7 Å². The molecule has 1 saturated carbocycles. The van der Waals surface area contributed by atoms with Crippen LogP contribution in [0.2, 0.25) is 0 Å². The molecule has 1 amide bonds. The molecule has 2 N–H and O–H groups in total. The van der Waals surface area contributed by atoms with Crippen molar-refractivity contribution in [2.45, 2.75) is 25.1 Å². The average Bonchev–Trinajstić information content (AvgIpc) is 3.19. The van der Waals surface area contributed by atoms with Gasteiger partial charge in [0.05, 0.1) is 12.8 Å². The molecule has 0 bridgehead atoms. The lowest BCUT2D eigenvalue weighted by atomic mass is 10.1. The number of methoxy groups -OCH3 is 1. The number of benzene rings is 1. The molecule has 0 heterocycles. The van der Waals surface area contributed by atoms with E-state index in [1.807, 2.05) is 0 Å². The maximum Gasteiger partial charge on any atom is 0.406 e. The molecular formula is C13H15F3N2O2. The Morgan fingerprint density at radius 1 is 1.45 bits per heavy atom. The van der Waals surface area contributed by atoms with Crippen molar-refractivity contribution in [3.05, 3.63) is 23.8 Å². The van der Waals surface area contributed by atoms with Crippen LogP contribution in [0.1, 0.15) is 23.2 Å². The van der Waals surface area contributed by atoms with Gasteiger partial charge in [-0.15, -0.1) is 0 Å². The molecular weight excluding hydrogens is 273 g/mol. The normalized spacial score (nSPS) is 15.0. The van der Waals surface area contributed by atoms with Crippen LogP contribution in [-0.2, 0) is 0 Å². The summed E-state index contributed by atoms with van der Waals surface area (Å²) in [7, 11) is 1.38. The molecule has 1 fully saturated rings. The van der Waals surface area contributed by atoms with E-state index in [0.29, 0.717) is 18.5 Å². The topological polar surface area (TPSA) is 55.6 Å². The Balaban J connectivity index is 2.23. The lowest BCUT2D eigenvalue weighted by molar-refractivity contribution is -0.141. The first-order valence-electron chi connectivity index (χ1n) is 6.13. The smallest absolute Gasteiger partial charge is 0.406 e. The van der Waals surface area contributed by atoms with Crippen molar-refractivity contribution < 1.29 is 22.7 Å². The van der Waals surface area contributed by atoms with Gasteiger partial charge in [-0.2, -0.15) is 13.2 Å². The van der Waals surface area contributed by atoms with Crippen molar-refractivity contribution in [1.82, 2.24) is 4.90 Å². The number of amides is 1. The predicted octanol–water partition coefficient (Wildman–Crippen LogP) is 2.44. The highest BCUT2D eigenvalue weighted by atomic mass is 19.4. The minimum absolute atomic E-state index is 0.146. The zero-order valence-electron chi connectivity index (χ0n) is 10.9. The van der Waals surface area contributed by atoms with Crippen LogP contribution in [0.15, 0.2) is 18.2 Å². The number of alkyl halides is 3. The van der Waals surface area contributed by atoms with Crippen LogP contribution in [0.3, 0.4) is 0 Å². The van der Waals surface area contributed by atoms with E-state index < -0.39 is 18.6 Å². The zero-order valence-corrected chi connectivity index (χ0v) is 10.9. The molecule has 7 heteroatoms. The lowest BCUT2D eigenvalue weighted by Gasteiger charge is -2.24. The Morgan fingerprint density at radius 2 is 2.10 bits per heavy atom. The Kier molecular flexibility index (Phi) is 3.78. The van der Waals surface area contributed by atoms with Gasteiger partial charge in [0.2, 0.25) is 0 Å². The monoisotopic (exact) mass is 288 g/mol. The number of halogens is 3. The number of carbonyl (C=O) groups excluding carboxylic acids is 1. The second-order valence-electron chi connectivity index (χ2n) is 4.74. The molecule has 0 unspecified atom stereocenters. The maximum absolute atomic E-state index is 12.5. The van der Waals surface area contributed by atoms with E-state index in [2.05, 4.69) is 0 Å². The van der Waals surface area contributed by atoms with Gasteiger partial charge in [0, 0.05) is 11.6 Å². The van der Waals surface area contributed by atoms with E-state index in [9.17, 15) is 18.0 Å². The molecule has 1 aromatic carbocycles. The second kappa shape index (κ2) is 5.22. The van der Waals surface area contributed by atoms with Gasteiger partial charge in [-0.1, -0.05) is 0 Å². The summed E-state index contributed by atoms with van der Waals surface area (Å²) in [6, 6.07) is 3.90. The molecule has 1 aromatic rings. The molecule has 0 atom stereocenters. The fourth-order valence-electron chi connectivity index (χ4n) is 1.96. The number of rotatable bonds is 4. The van der Waals surface area contributed by atoms with Crippen LogP contribution in [0.4, 0.5) is 18.9 Å². The van der Waals surface area contributed by atoms with E-state index in [0.717, 1.165) is 4.90 Å². The first-order chi connectivity index (χ1) is 9.31. The van der Waals surface area contributed by atoms with Gasteiger partial charge in [-0.25, -0.2) is 0 Å². The molecule has 0 radical (unpaired) electrons. The van der Waals surface area contributed by atoms with Crippen molar-refractivity contribution in [2.24, 2.45) is 0 Å². The molecule has 110 valence electrons. The summed E-state index contributed by atoms with van der Waals surface area (Å²) in [6.07, 6.45) is -3.20. The van der Waals surface area contributed by atoms with Crippen LogP contribution in [0.25, 0.3) is 0 Å². The fraction of sp³-hybridized carbons (Fsp3) is 0.462.